The topological polar surface area (TPSA) is 127 Å². The fourth-order valence-corrected chi connectivity index (χ4v) is 1.98. The Morgan fingerprint density at radius 1 is 0.682 bits per heavy atom. The average molecular weight is 298 g/mol. The van der Waals surface area contributed by atoms with Crippen molar-refractivity contribution in [3.8, 4) is 11.8 Å². The van der Waals surface area contributed by atoms with Gasteiger partial charge in [-0.15, -0.1) is 0 Å². The van der Waals surface area contributed by atoms with Gasteiger partial charge >= 0.3 is 0 Å². The third-order valence-corrected chi connectivity index (χ3v) is 2.94. The Labute approximate surface area is 123 Å². The van der Waals surface area contributed by atoms with Gasteiger partial charge in [0.2, 0.25) is 11.8 Å². The molecule has 22 heavy (non-hydrogen) atoms. The van der Waals surface area contributed by atoms with Gasteiger partial charge in [-0.05, 0) is 0 Å². The predicted octanol–water partition coefficient (Wildman–Crippen LogP) is 0.477. The van der Waals surface area contributed by atoms with Crippen molar-refractivity contribution in [2.75, 3.05) is 13.2 Å². The van der Waals surface area contributed by atoms with Crippen LogP contribution in [0.1, 0.15) is 0 Å². The van der Waals surface area contributed by atoms with E-state index in [0.717, 1.165) is 0 Å². The molecule has 0 unspecified atom stereocenters. The second-order valence-electron chi connectivity index (χ2n) is 4.26. The van der Waals surface area contributed by atoms with Crippen molar-refractivity contribution in [3.05, 3.63) is 25.3 Å². The second-order valence-corrected chi connectivity index (χ2v) is 4.26. The molecule has 4 rings (SSSR count). The molecule has 0 saturated heterocycles. The number of rotatable bonds is 5. The molecule has 4 aromatic heterocycles. The van der Waals surface area contributed by atoms with Gasteiger partial charge in [0.05, 0.1) is 12.7 Å². The first-order valence-corrected chi connectivity index (χ1v) is 6.45. The smallest absolute Gasteiger partial charge is 0.243 e. The van der Waals surface area contributed by atoms with E-state index in [2.05, 4.69) is 39.9 Å². The largest absolute Gasteiger partial charge is 0.472 e. The Morgan fingerprint density at radius 3 is 1.68 bits per heavy atom. The Balaban J connectivity index is 1.41. The highest BCUT2D eigenvalue weighted by molar-refractivity contribution is 5.75. The number of fused-ring (bicyclic) bond motifs is 2. The summed E-state index contributed by atoms with van der Waals surface area (Å²) in [5, 5.41) is 0. The summed E-state index contributed by atoms with van der Waals surface area (Å²) >= 11 is 0. The van der Waals surface area contributed by atoms with E-state index in [1.165, 1.54) is 12.7 Å². The summed E-state index contributed by atoms with van der Waals surface area (Å²) in [4.78, 5) is 30.1. The van der Waals surface area contributed by atoms with E-state index in [1.807, 2.05) is 0 Å². The summed E-state index contributed by atoms with van der Waals surface area (Å²) in [6.45, 7) is 0.593. The van der Waals surface area contributed by atoms with E-state index in [1.54, 1.807) is 12.7 Å². The molecule has 0 bridgehead atoms. The molecule has 2 N–H and O–H groups in total. The zero-order valence-corrected chi connectivity index (χ0v) is 11.2. The number of hydrogen-bond acceptors (Lipinski definition) is 8. The molecule has 0 saturated carbocycles. The molecule has 0 aromatic carbocycles. The fraction of sp³-hybridized carbons (Fsp3) is 0.167. The molecule has 110 valence electrons. The Morgan fingerprint density at radius 2 is 1.18 bits per heavy atom. The summed E-state index contributed by atoms with van der Waals surface area (Å²) in [7, 11) is 0. The molecule has 10 heteroatoms. The predicted molar refractivity (Wildman–Crippen MR) is 74.4 cm³/mol. The summed E-state index contributed by atoms with van der Waals surface area (Å²) in [5.74, 6) is 0.862. The van der Waals surface area contributed by atoms with E-state index in [9.17, 15) is 0 Å². The summed E-state index contributed by atoms with van der Waals surface area (Å²) in [5.41, 5.74) is 2.42. The minimum absolute atomic E-state index is 0.296. The van der Waals surface area contributed by atoms with Crippen LogP contribution in [0.4, 0.5) is 0 Å². The lowest BCUT2D eigenvalue weighted by Gasteiger charge is -2.07. The molecular weight excluding hydrogens is 288 g/mol. The van der Waals surface area contributed by atoms with Crippen LogP contribution in [0.3, 0.4) is 0 Å². The first-order valence-electron chi connectivity index (χ1n) is 6.45. The quantitative estimate of drug-likeness (QED) is 0.509. The van der Waals surface area contributed by atoms with Crippen LogP contribution in [-0.2, 0) is 0 Å². The highest BCUT2D eigenvalue weighted by atomic mass is 16.5. The van der Waals surface area contributed by atoms with E-state index in [4.69, 9.17) is 9.47 Å². The molecule has 0 radical (unpaired) electrons. The maximum atomic E-state index is 5.58. The Hall–Kier alpha value is -3.30. The molecule has 4 heterocycles. The molecule has 0 amide bonds. The van der Waals surface area contributed by atoms with Gasteiger partial charge in [-0.1, -0.05) is 0 Å². The van der Waals surface area contributed by atoms with Gasteiger partial charge in [-0.25, -0.2) is 19.9 Å². The van der Waals surface area contributed by atoms with Crippen molar-refractivity contribution in [2.45, 2.75) is 0 Å². The maximum absolute atomic E-state index is 5.58. The third kappa shape index (κ3) is 2.16. The monoisotopic (exact) mass is 298 g/mol. The van der Waals surface area contributed by atoms with E-state index in [0.29, 0.717) is 47.3 Å². The second kappa shape index (κ2) is 5.24. The molecule has 0 fully saturated rings. The van der Waals surface area contributed by atoms with Crippen molar-refractivity contribution in [2.24, 2.45) is 0 Å². The molecule has 0 aliphatic rings. The first-order chi connectivity index (χ1) is 10.9. The molecular formula is C12H10N8O2. The van der Waals surface area contributed by atoms with Gasteiger partial charge < -0.3 is 19.4 Å². The highest BCUT2D eigenvalue weighted by Crippen LogP contribution is 2.18. The van der Waals surface area contributed by atoms with Crippen LogP contribution >= 0.6 is 0 Å². The standard InChI is InChI=1S/C12H10N8O2/c1(21-11-7-9(15-3-13-7)17-5-19-11)2-22-12-8-10(16-4-14-8)18-6-20-12/h3-6H,1-2H2,(H,13,15,17,19)(H,14,16,18,20). The number of nitrogens with zero attached hydrogens (tertiary/aromatic N) is 6. The van der Waals surface area contributed by atoms with Crippen molar-refractivity contribution in [1.82, 2.24) is 39.9 Å². The zero-order chi connectivity index (χ0) is 14.8. The lowest BCUT2D eigenvalue weighted by molar-refractivity contribution is 0.210. The van der Waals surface area contributed by atoms with Crippen LogP contribution in [0.25, 0.3) is 22.3 Å². The van der Waals surface area contributed by atoms with Gasteiger partial charge in [0.25, 0.3) is 0 Å². The molecule has 0 aliphatic heterocycles. The number of H-pyrrole nitrogens is 2. The summed E-state index contributed by atoms with van der Waals surface area (Å²) in [6, 6.07) is 0. The highest BCUT2D eigenvalue weighted by Gasteiger charge is 2.08. The van der Waals surface area contributed by atoms with Crippen LogP contribution in [-0.4, -0.2) is 53.1 Å². The van der Waals surface area contributed by atoms with E-state index >= 15 is 0 Å². The van der Waals surface area contributed by atoms with Crippen LogP contribution in [0, 0.1) is 0 Å². The third-order valence-electron chi connectivity index (χ3n) is 2.94. The van der Waals surface area contributed by atoms with Gasteiger partial charge in [-0.2, -0.15) is 9.97 Å². The van der Waals surface area contributed by atoms with Gasteiger partial charge in [0, 0.05) is 0 Å². The number of nitrogens with one attached hydrogen (secondary N) is 2. The number of ether oxygens (including phenoxy) is 2. The Bertz CT molecular complexity index is 841. The molecule has 0 spiro atoms. The van der Waals surface area contributed by atoms with Crippen LogP contribution in [0.15, 0.2) is 25.3 Å². The van der Waals surface area contributed by atoms with Gasteiger partial charge in [0.1, 0.15) is 36.9 Å². The van der Waals surface area contributed by atoms with Crippen molar-refractivity contribution >= 4 is 22.3 Å². The number of hydrogen-bond donors (Lipinski definition) is 2. The minimum Gasteiger partial charge on any atom is -0.472 e. The van der Waals surface area contributed by atoms with Crippen LogP contribution in [0.5, 0.6) is 11.8 Å². The van der Waals surface area contributed by atoms with Crippen molar-refractivity contribution in [3.63, 3.8) is 0 Å². The summed E-state index contributed by atoms with van der Waals surface area (Å²) in [6.07, 6.45) is 5.88. The normalized spacial score (nSPS) is 11.1. The minimum atomic E-state index is 0.296. The van der Waals surface area contributed by atoms with Crippen molar-refractivity contribution in [1.29, 1.82) is 0 Å². The molecule has 0 aliphatic carbocycles. The number of imidazole rings is 2. The lowest BCUT2D eigenvalue weighted by atomic mass is 10.5. The molecule has 0 atom stereocenters. The maximum Gasteiger partial charge on any atom is 0.243 e. The SMILES string of the molecule is c1nc(OCCOc2ncnc3nc[nH]c23)c2[nH]cnc2n1. The average Bonchev–Trinajstić information content (AvgIpc) is 3.20. The molecule has 10 nitrogen and oxygen atoms in total. The van der Waals surface area contributed by atoms with Gasteiger partial charge in [0.15, 0.2) is 11.3 Å². The Kier molecular flexibility index (Phi) is 2.96. The number of aromatic amines is 2. The van der Waals surface area contributed by atoms with Crippen molar-refractivity contribution < 1.29 is 9.47 Å². The molecule has 4 aromatic rings. The van der Waals surface area contributed by atoms with Crippen LogP contribution < -0.4 is 9.47 Å². The van der Waals surface area contributed by atoms with E-state index < -0.39 is 0 Å². The zero-order valence-electron chi connectivity index (χ0n) is 11.2. The summed E-state index contributed by atoms with van der Waals surface area (Å²) < 4.78 is 11.2. The van der Waals surface area contributed by atoms with Gasteiger partial charge in [-0.3, -0.25) is 0 Å². The van der Waals surface area contributed by atoms with Crippen LogP contribution in [0.2, 0.25) is 0 Å². The fourth-order valence-electron chi connectivity index (χ4n) is 1.98. The van der Waals surface area contributed by atoms with E-state index in [-0.39, 0.29) is 0 Å². The first kappa shape index (κ1) is 12.4. The number of aromatic nitrogens is 8. The lowest BCUT2D eigenvalue weighted by Crippen LogP contribution is -2.11.